The van der Waals surface area contributed by atoms with E-state index in [0.717, 1.165) is 6.07 Å². The van der Waals surface area contributed by atoms with Crippen molar-refractivity contribution in [2.45, 2.75) is 6.92 Å². The van der Waals surface area contributed by atoms with Crippen LogP contribution in [-0.4, -0.2) is 29.6 Å². The highest BCUT2D eigenvalue weighted by Crippen LogP contribution is 2.29. The summed E-state index contributed by atoms with van der Waals surface area (Å²) in [6, 6.07) is 5.74. The minimum absolute atomic E-state index is 0.141. The van der Waals surface area contributed by atoms with E-state index in [4.69, 9.17) is 10.4 Å². The Labute approximate surface area is 109 Å². The lowest BCUT2D eigenvalue weighted by Gasteiger charge is -2.20. The summed E-state index contributed by atoms with van der Waals surface area (Å²) in [5.74, 6) is -1.51. The van der Waals surface area contributed by atoms with Gasteiger partial charge in [-0.3, -0.25) is 10.1 Å². The molecule has 1 unspecified atom stereocenters. The van der Waals surface area contributed by atoms with Crippen molar-refractivity contribution in [2.75, 3.05) is 18.5 Å². The van der Waals surface area contributed by atoms with E-state index in [1.54, 1.807) is 18.9 Å². The molecule has 0 radical (unpaired) electrons. The number of carboxylic acid groups (broad SMARTS) is 1. The van der Waals surface area contributed by atoms with E-state index in [-0.39, 0.29) is 22.9 Å². The number of carbonyl (C=O) groups is 1. The van der Waals surface area contributed by atoms with Crippen LogP contribution in [0.3, 0.4) is 0 Å². The molecule has 1 N–H and O–H groups in total. The lowest BCUT2D eigenvalue weighted by molar-refractivity contribution is -0.384. The standard InChI is InChI=1S/C12H13N3O4/c1-8(6-13)7-14(2)10-4-3-9(12(16)17)5-11(10)15(18)19/h3-5,8H,7H2,1-2H3,(H,16,17). The van der Waals surface area contributed by atoms with E-state index in [0.29, 0.717) is 6.54 Å². The Hall–Kier alpha value is -2.62. The van der Waals surface area contributed by atoms with E-state index in [1.807, 2.05) is 6.07 Å². The number of rotatable bonds is 5. The smallest absolute Gasteiger partial charge is 0.335 e. The van der Waals surface area contributed by atoms with E-state index in [2.05, 4.69) is 0 Å². The molecule has 1 aromatic carbocycles. The maximum Gasteiger partial charge on any atom is 0.335 e. The molecule has 7 heteroatoms. The molecule has 0 spiro atoms. The third-order valence-corrected chi connectivity index (χ3v) is 2.60. The fourth-order valence-corrected chi connectivity index (χ4v) is 1.68. The summed E-state index contributed by atoms with van der Waals surface area (Å²) in [6.45, 7) is 2.03. The topological polar surface area (TPSA) is 107 Å². The Kier molecular flexibility index (Phi) is 4.42. The molecule has 0 fully saturated rings. The second kappa shape index (κ2) is 5.82. The number of hydrogen-bond donors (Lipinski definition) is 1. The van der Waals surface area contributed by atoms with Crippen LogP contribution in [0.2, 0.25) is 0 Å². The molecule has 100 valence electrons. The van der Waals surface area contributed by atoms with Gasteiger partial charge in [0.25, 0.3) is 5.69 Å². The van der Waals surface area contributed by atoms with Gasteiger partial charge >= 0.3 is 5.97 Å². The number of nitro groups is 1. The summed E-state index contributed by atoms with van der Waals surface area (Å²) in [6.07, 6.45) is 0. The molecule has 0 heterocycles. The largest absolute Gasteiger partial charge is 0.478 e. The number of nitro benzene ring substituents is 1. The highest BCUT2D eigenvalue weighted by atomic mass is 16.6. The van der Waals surface area contributed by atoms with Crippen molar-refractivity contribution in [3.63, 3.8) is 0 Å². The molecule has 0 aliphatic heterocycles. The third-order valence-electron chi connectivity index (χ3n) is 2.60. The van der Waals surface area contributed by atoms with Gasteiger partial charge in [0.1, 0.15) is 5.69 Å². The van der Waals surface area contributed by atoms with Gasteiger partial charge in [0.2, 0.25) is 0 Å². The van der Waals surface area contributed by atoms with Crippen LogP contribution in [-0.2, 0) is 0 Å². The van der Waals surface area contributed by atoms with Crippen molar-refractivity contribution in [1.29, 1.82) is 5.26 Å². The van der Waals surface area contributed by atoms with Crippen molar-refractivity contribution in [3.05, 3.63) is 33.9 Å². The van der Waals surface area contributed by atoms with Gasteiger partial charge in [-0.1, -0.05) is 0 Å². The molecule has 19 heavy (non-hydrogen) atoms. The first kappa shape index (κ1) is 14.4. The van der Waals surface area contributed by atoms with Crippen LogP contribution in [0, 0.1) is 27.4 Å². The van der Waals surface area contributed by atoms with Crippen molar-refractivity contribution >= 4 is 17.3 Å². The summed E-state index contributed by atoms with van der Waals surface area (Å²) in [4.78, 5) is 22.7. The van der Waals surface area contributed by atoms with Gasteiger partial charge in [-0.25, -0.2) is 4.79 Å². The number of carboxylic acids is 1. The summed E-state index contributed by atoms with van der Waals surface area (Å²) in [7, 11) is 1.62. The number of anilines is 1. The second-order valence-corrected chi connectivity index (χ2v) is 4.18. The van der Waals surface area contributed by atoms with Crippen molar-refractivity contribution in [2.24, 2.45) is 5.92 Å². The predicted octanol–water partition coefficient (Wildman–Crippen LogP) is 1.89. The normalized spacial score (nSPS) is 11.4. The Morgan fingerprint density at radius 3 is 2.74 bits per heavy atom. The van der Waals surface area contributed by atoms with E-state index < -0.39 is 10.9 Å². The van der Waals surface area contributed by atoms with Gasteiger partial charge in [-0.15, -0.1) is 0 Å². The Balaban J connectivity index is 3.17. The first-order chi connectivity index (χ1) is 8.86. The molecular weight excluding hydrogens is 250 g/mol. The average Bonchev–Trinajstić information content (AvgIpc) is 2.37. The van der Waals surface area contributed by atoms with Gasteiger partial charge in [-0.2, -0.15) is 5.26 Å². The molecule has 0 aromatic heterocycles. The lowest BCUT2D eigenvalue weighted by atomic mass is 10.1. The van der Waals surface area contributed by atoms with Gasteiger partial charge < -0.3 is 10.0 Å². The van der Waals surface area contributed by atoms with E-state index in [9.17, 15) is 14.9 Å². The number of benzene rings is 1. The average molecular weight is 263 g/mol. The maximum absolute atomic E-state index is 11.0. The Morgan fingerprint density at radius 2 is 2.26 bits per heavy atom. The zero-order chi connectivity index (χ0) is 14.6. The second-order valence-electron chi connectivity index (χ2n) is 4.18. The number of hydrogen-bond acceptors (Lipinski definition) is 5. The molecule has 1 atom stereocenters. The van der Waals surface area contributed by atoms with Gasteiger partial charge in [-0.05, 0) is 19.1 Å². The molecule has 0 aliphatic rings. The first-order valence-corrected chi connectivity index (χ1v) is 5.49. The zero-order valence-electron chi connectivity index (χ0n) is 10.5. The van der Waals surface area contributed by atoms with Crippen molar-refractivity contribution < 1.29 is 14.8 Å². The number of aromatic carboxylic acids is 1. The lowest BCUT2D eigenvalue weighted by Crippen LogP contribution is -2.24. The Morgan fingerprint density at radius 1 is 1.63 bits per heavy atom. The minimum Gasteiger partial charge on any atom is -0.478 e. The molecule has 0 aliphatic carbocycles. The molecular formula is C12H13N3O4. The molecule has 1 aromatic rings. The Bertz CT molecular complexity index is 550. The molecule has 0 amide bonds. The first-order valence-electron chi connectivity index (χ1n) is 5.49. The number of nitriles is 1. The van der Waals surface area contributed by atoms with Crippen molar-refractivity contribution in [3.8, 4) is 6.07 Å². The molecule has 0 saturated heterocycles. The predicted molar refractivity (Wildman–Crippen MR) is 68.1 cm³/mol. The SMILES string of the molecule is CC(C#N)CN(C)c1ccc(C(=O)O)cc1[N+](=O)[O-]. The van der Waals surface area contributed by atoms with Crippen LogP contribution >= 0.6 is 0 Å². The highest BCUT2D eigenvalue weighted by molar-refractivity contribution is 5.89. The molecule has 0 bridgehead atoms. The van der Waals surface area contributed by atoms with Gasteiger partial charge in [0.05, 0.1) is 22.5 Å². The van der Waals surface area contributed by atoms with Crippen LogP contribution in [0.4, 0.5) is 11.4 Å². The van der Waals surface area contributed by atoms with E-state index in [1.165, 1.54) is 12.1 Å². The minimum atomic E-state index is -1.22. The zero-order valence-corrected chi connectivity index (χ0v) is 10.5. The fourth-order valence-electron chi connectivity index (χ4n) is 1.68. The summed E-state index contributed by atoms with van der Waals surface area (Å²) >= 11 is 0. The van der Waals surface area contributed by atoms with Gasteiger partial charge in [0.15, 0.2) is 0 Å². The monoisotopic (exact) mass is 263 g/mol. The van der Waals surface area contributed by atoms with Crippen LogP contribution in [0.1, 0.15) is 17.3 Å². The number of nitrogens with zero attached hydrogens (tertiary/aromatic N) is 3. The molecule has 0 saturated carbocycles. The summed E-state index contributed by atoms with van der Waals surface area (Å²) in [5, 5.41) is 28.5. The molecule has 7 nitrogen and oxygen atoms in total. The molecule has 1 rings (SSSR count). The maximum atomic E-state index is 11.0. The van der Waals surface area contributed by atoms with Gasteiger partial charge in [0, 0.05) is 19.7 Å². The summed E-state index contributed by atoms with van der Waals surface area (Å²) in [5.41, 5.74) is -0.137. The van der Waals surface area contributed by atoms with Crippen LogP contribution in [0.5, 0.6) is 0 Å². The fraction of sp³-hybridized carbons (Fsp3) is 0.333. The highest BCUT2D eigenvalue weighted by Gasteiger charge is 2.20. The van der Waals surface area contributed by atoms with E-state index >= 15 is 0 Å². The van der Waals surface area contributed by atoms with Crippen molar-refractivity contribution in [1.82, 2.24) is 0 Å². The van der Waals surface area contributed by atoms with Crippen LogP contribution < -0.4 is 4.90 Å². The van der Waals surface area contributed by atoms with Crippen LogP contribution in [0.25, 0.3) is 0 Å². The quantitative estimate of drug-likeness (QED) is 0.642. The third kappa shape index (κ3) is 3.42. The van der Waals surface area contributed by atoms with Crippen LogP contribution in [0.15, 0.2) is 18.2 Å². The summed E-state index contributed by atoms with van der Waals surface area (Å²) < 4.78 is 0.